The second-order valence-corrected chi connectivity index (χ2v) is 5.85. The molecule has 19 heavy (non-hydrogen) atoms. The monoisotopic (exact) mass is 265 g/mol. The molecule has 1 aliphatic rings. The summed E-state index contributed by atoms with van der Waals surface area (Å²) < 4.78 is 2.23. The number of hydrogen-bond acceptors (Lipinski definition) is 3. The van der Waals surface area contributed by atoms with Crippen molar-refractivity contribution in [3.8, 4) is 0 Å². The third-order valence-electron chi connectivity index (χ3n) is 4.18. The maximum absolute atomic E-state index is 10.2. The Bertz CT molecular complexity index is 388. The van der Waals surface area contributed by atoms with E-state index in [0.29, 0.717) is 12.1 Å². The SMILES string of the molecule is CCC(O)C1CCCCN1Cc1nccn1C(C)C. The van der Waals surface area contributed by atoms with Crippen molar-refractivity contribution in [3.63, 3.8) is 0 Å². The van der Waals surface area contributed by atoms with Crippen molar-refractivity contribution < 1.29 is 5.11 Å². The molecule has 1 aromatic heterocycles. The molecule has 0 radical (unpaired) electrons. The highest BCUT2D eigenvalue weighted by atomic mass is 16.3. The summed E-state index contributed by atoms with van der Waals surface area (Å²) in [6, 6.07) is 0.743. The summed E-state index contributed by atoms with van der Waals surface area (Å²) in [6.07, 6.45) is 8.13. The molecule has 2 unspecified atom stereocenters. The molecule has 4 nitrogen and oxygen atoms in total. The fraction of sp³-hybridized carbons (Fsp3) is 0.800. The Morgan fingerprint density at radius 2 is 2.21 bits per heavy atom. The number of aliphatic hydroxyl groups excluding tert-OH is 1. The van der Waals surface area contributed by atoms with Gasteiger partial charge in [-0.15, -0.1) is 0 Å². The summed E-state index contributed by atoms with van der Waals surface area (Å²) in [5.74, 6) is 1.12. The Hall–Kier alpha value is -0.870. The predicted molar refractivity (Wildman–Crippen MR) is 77.0 cm³/mol. The number of nitrogens with zero attached hydrogens (tertiary/aromatic N) is 3. The molecule has 2 atom stereocenters. The van der Waals surface area contributed by atoms with E-state index < -0.39 is 0 Å². The van der Waals surface area contributed by atoms with Crippen LogP contribution in [-0.4, -0.2) is 38.2 Å². The molecule has 0 bridgehead atoms. The summed E-state index contributed by atoms with van der Waals surface area (Å²) >= 11 is 0. The molecule has 0 spiro atoms. The van der Waals surface area contributed by atoms with E-state index in [-0.39, 0.29) is 6.10 Å². The van der Waals surface area contributed by atoms with E-state index in [2.05, 4.69) is 41.4 Å². The first-order chi connectivity index (χ1) is 9.13. The molecule has 4 heteroatoms. The molecule has 1 aliphatic heterocycles. The standard InChI is InChI=1S/C15H27N3O/c1-4-14(19)13-7-5-6-9-17(13)11-15-16-8-10-18(15)12(2)3/h8,10,12-14,19H,4-7,9,11H2,1-3H3. The van der Waals surface area contributed by atoms with E-state index in [4.69, 9.17) is 0 Å². The van der Waals surface area contributed by atoms with Crippen molar-refractivity contribution in [2.45, 2.75) is 71.2 Å². The van der Waals surface area contributed by atoms with Crippen LogP contribution in [0.2, 0.25) is 0 Å². The van der Waals surface area contributed by atoms with E-state index in [9.17, 15) is 5.11 Å². The van der Waals surface area contributed by atoms with Crippen LogP contribution in [0.25, 0.3) is 0 Å². The minimum Gasteiger partial charge on any atom is -0.392 e. The van der Waals surface area contributed by atoms with Crippen molar-refractivity contribution in [3.05, 3.63) is 18.2 Å². The fourth-order valence-electron chi connectivity index (χ4n) is 3.04. The van der Waals surface area contributed by atoms with Crippen LogP contribution in [-0.2, 0) is 6.54 Å². The van der Waals surface area contributed by atoms with Gasteiger partial charge in [0.25, 0.3) is 0 Å². The van der Waals surface area contributed by atoms with Gasteiger partial charge in [0.15, 0.2) is 0 Å². The van der Waals surface area contributed by atoms with Gasteiger partial charge in [-0.25, -0.2) is 4.98 Å². The van der Waals surface area contributed by atoms with Gasteiger partial charge in [0.1, 0.15) is 5.82 Å². The average molecular weight is 265 g/mol. The number of hydrogen-bond donors (Lipinski definition) is 1. The van der Waals surface area contributed by atoms with E-state index in [1.807, 2.05) is 6.20 Å². The molecular formula is C15H27N3O. The molecule has 1 aromatic rings. The molecule has 2 rings (SSSR count). The minimum absolute atomic E-state index is 0.206. The van der Waals surface area contributed by atoms with Crippen LogP contribution in [0.4, 0.5) is 0 Å². The van der Waals surface area contributed by atoms with Gasteiger partial charge in [-0.05, 0) is 39.7 Å². The predicted octanol–water partition coefficient (Wildman–Crippen LogP) is 2.59. The quantitative estimate of drug-likeness (QED) is 0.889. The number of likely N-dealkylation sites (tertiary alicyclic amines) is 1. The zero-order chi connectivity index (χ0) is 13.8. The number of aromatic nitrogens is 2. The Kier molecular flexibility index (Phi) is 4.99. The third-order valence-corrected chi connectivity index (χ3v) is 4.18. The highest BCUT2D eigenvalue weighted by Gasteiger charge is 2.28. The van der Waals surface area contributed by atoms with Gasteiger partial charge in [-0.2, -0.15) is 0 Å². The topological polar surface area (TPSA) is 41.3 Å². The molecule has 0 aliphatic carbocycles. The summed E-state index contributed by atoms with van der Waals surface area (Å²) in [6.45, 7) is 8.35. The zero-order valence-corrected chi connectivity index (χ0v) is 12.4. The third kappa shape index (κ3) is 3.37. The summed E-state index contributed by atoms with van der Waals surface area (Å²) in [5.41, 5.74) is 0. The van der Waals surface area contributed by atoms with Gasteiger partial charge in [-0.3, -0.25) is 4.90 Å². The van der Waals surface area contributed by atoms with Crippen LogP contribution in [0.5, 0.6) is 0 Å². The fourth-order valence-corrected chi connectivity index (χ4v) is 3.04. The number of piperidine rings is 1. The zero-order valence-electron chi connectivity index (χ0n) is 12.4. The molecular weight excluding hydrogens is 238 g/mol. The normalized spacial score (nSPS) is 22.9. The van der Waals surface area contributed by atoms with Crippen LogP contribution in [0.1, 0.15) is 58.3 Å². The maximum Gasteiger partial charge on any atom is 0.123 e. The number of imidazole rings is 1. The molecule has 0 amide bonds. The van der Waals surface area contributed by atoms with Crippen LogP contribution >= 0.6 is 0 Å². The Morgan fingerprint density at radius 1 is 1.42 bits per heavy atom. The van der Waals surface area contributed by atoms with Crippen molar-refractivity contribution in [2.75, 3.05) is 6.54 Å². The van der Waals surface area contributed by atoms with Crippen molar-refractivity contribution in [2.24, 2.45) is 0 Å². The van der Waals surface area contributed by atoms with E-state index in [1.54, 1.807) is 0 Å². The van der Waals surface area contributed by atoms with E-state index in [1.165, 1.54) is 12.8 Å². The van der Waals surface area contributed by atoms with Gasteiger partial charge in [-0.1, -0.05) is 13.3 Å². The van der Waals surface area contributed by atoms with Crippen molar-refractivity contribution in [1.82, 2.24) is 14.5 Å². The molecule has 2 heterocycles. The minimum atomic E-state index is -0.206. The smallest absolute Gasteiger partial charge is 0.123 e. The van der Waals surface area contributed by atoms with Crippen LogP contribution in [0.3, 0.4) is 0 Å². The lowest BCUT2D eigenvalue weighted by Gasteiger charge is -2.38. The van der Waals surface area contributed by atoms with Gasteiger partial charge < -0.3 is 9.67 Å². The highest BCUT2D eigenvalue weighted by Crippen LogP contribution is 2.23. The molecule has 1 fully saturated rings. The largest absolute Gasteiger partial charge is 0.392 e. The van der Waals surface area contributed by atoms with Crippen LogP contribution < -0.4 is 0 Å². The van der Waals surface area contributed by atoms with Crippen molar-refractivity contribution >= 4 is 0 Å². The lowest BCUT2D eigenvalue weighted by Crippen LogP contribution is -2.46. The lowest BCUT2D eigenvalue weighted by molar-refractivity contribution is 0.0175. The van der Waals surface area contributed by atoms with E-state index in [0.717, 1.165) is 31.8 Å². The Morgan fingerprint density at radius 3 is 2.89 bits per heavy atom. The first kappa shape index (κ1) is 14.5. The summed E-state index contributed by atoms with van der Waals surface area (Å²) in [4.78, 5) is 6.91. The van der Waals surface area contributed by atoms with Gasteiger partial charge >= 0.3 is 0 Å². The number of aliphatic hydroxyl groups is 1. The Labute approximate surface area is 116 Å². The van der Waals surface area contributed by atoms with Crippen molar-refractivity contribution in [1.29, 1.82) is 0 Å². The second-order valence-electron chi connectivity index (χ2n) is 5.85. The molecule has 0 aromatic carbocycles. The lowest BCUT2D eigenvalue weighted by atomic mass is 9.96. The van der Waals surface area contributed by atoms with Gasteiger partial charge in [0.05, 0.1) is 12.6 Å². The number of rotatable bonds is 5. The molecule has 0 saturated carbocycles. The summed E-state index contributed by atoms with van der Waals surface area (Å²) in [5, 5.41) is 10.2. The molecule has 1 saturated heterocycles. The van der Waals surface area contributed by atoms with E-state index >= 15 is 0 Å². The van der Waals surface area contributed by atoms with Gasteiger partial charge in [0, 0.05) is 24.5 Å². The first-order valence-corrected chi connectivity index (χ1v) is 7.57. The Balaban J connectivity index is 2.08. The van der Waals surface area contributed by atoms with Crippen LogP contribution in [0.15, 0.2) is 12.4 Å². The maximum atomic E-state index is 10.2. The van der Waals surface area contributed by atoms with Crippen LogP contribution in [0, 0.1) is 0 Å². The second kappa shape index (κ2) is 6.53. The highest BCUT2D eigenvalue weighted by molar-refractivity contribution is 4.96. The summed E-state index contributed by atoms with van der Waals surface area (Å²) in [7, 11) is 0. The molecule has 1 N–H and O–H groups in total. The average Bonchev–Trinajstić information content (AvgIpc) is 2.87. The van der Waals surface area contributed by atoms with Gasteiger partial charge in [0.2, 0.25) is 0 Å². The first-order valence-electron chi connectivity index (χ1n) is 7.57. The molecule has 108 valence electrons.